The fraction of sp³-hybridized carbons (Fsp3) is 0.810. The summed E-state index contributed by atoms with van der Waals surface area (Å²) in [7, 11) is -6.15. The Bertz CT molecular complexity index is 896. The Morgan fingerprint density at radius 2 is 1.61 bits per heavy atom. The van der Waals surface area contributed by atoms with Crippen LogP contribution in [0.15, 0.2) is 17.1 Å². The molecule has 8 nitrogen and oxygen atoms in total. The van der Waals surface area contributed by atoms with Crippen molar-refractivity contribution in [2.45, 2.75) is 102 Å². The van der Waals surface area contributed by atoms with Crippen LogP contribution in [0.4, 0.5) is 14.6 Å². The molecule has 0 bridgehead atoms. The van der Waals surface area contributed by atoms with Gasteiger partial charge in [-0.2, -0.15) is 13.8 Å². The highest BCUT2D eigenvalue weighted by atomic mass is 28.5. The molecule has 3 atom stereocenters. The van der Waals surface area contributed by atoms with Gasteiger partial charge < -0.3 is 23.4 Å². The number of fused-ring (bicyclic) bond motifs is 1. The van der Waals surface area contributed by atoms with E-state index in [0.29, 0.717) is 0 Å². The smallest absolute Gasteiger partial charge is 0.351 e. The van der Waals surface area contributed by atoms with E-state index in [1.54, 1.807) is 0 Å². The Hall–Kier alpha value is -1.19. The molecule has 12 heteroatoms. The summed E-state index contributed by atoms with van der Waals surface area (Å²) < 4.78 is 58.2. The summed E-state index contributed by atoms with van der Waals surface area (Å²) in [6, 6.07) is 1.29. The molecule has 0 spiro atoms. The number of alkyl halides is 2. The number of hydrogen-bond donors (Lipinski definition) is 1. The molecule has 2 aliphatic heterocycles. The zero-order valence-electron chi connectivity index (χ0n) is 20.7. The Balaban J connectivity index is 2.13. The number of halogens is 2. The summed E-state index contributed by atoms with van der Waals surface area (Å²) >= 11 is 0. The molecule has 188 valence electrons. The number of anilines is 1. The molecule has 1 aromatic rings. The third kappa shape index (κ3) is 4.34. The molecule has 3 heterocycles. The van der Waals surface area contributed by atoms with Crippen LogP contribution >= 0.6 is 0 Å². The van der Waals surface area contributed by atoms with Crippen LogP contribution in [0.25, 0.3) is 0 Å². The Kier molecular flexibility index (Phi) is 7.30. The van der Waals surface area contributed by atoms with Gasteiger partial charge >= 0.3 is 28.7 Å². The summed E-state index contributed by atoms with van der Waals surface area (Å²) in [5, 5.41) is 0. The van der Waals surface area contributed by atoms with Crippen molar-refractivity contribution >= 4 is 22.9 Å². The topological polar surface area (TPSA) is 97.8 Å². The summed E-state index contributed by atoms with van der Waals surface area (Å²) in [4.78, 5) is 15.9. The number of nitrogens with two attached hydrogens (primary N) is 1. The van der Waals surface area contributed by atoms with Crippen LogP contribution in [0.2, 0.25) is 22.2 Å². The number of nitrogens with zero attached hydrogens (tertiary/aromatic N) is 2. The molecule has 0 amide bonds. The van der Waals surface area contributed by atoms with E-state index in [1.165, 1.54) is 12.3 Å². The average Bonchev–Trinajstić information content (AvgIpc) is 2.90. The van der Waals surface area contributed by atoms with Gasteiger partial charge in [-0.25, -0.2) is 4.79 Å². The standard InChI is InChI=1S/C21H37F2N3O5Si2/c1-12(2)32(13(3)4)28-11-16-18(30-33(31-32,14(5)6)15(7)8)21(22,23)19(29-16)26-10-9-17(24)25-20(26)27/h9-10,12-16,18-19H,11H2,1-8H3,(H2,24,25,27)/t16?,18-,19?/m1/s1. The third-order valence-electron chi connectivity index (χ3n) is 6.78. The van der Waals surface area contributed by atoms with Crippen LogP contribution in [0.5, 0.6) is 0 Å². The van der Waals surface area contributed by atoms with Gasteiger partial charge in [-0.05, 0) is 28.2 Å². The second kappa shape index (κ2) is 9.12. The molecular weight excluding hydrogens is 468 g/mol. The molecule has 0 saturated carbocycles. The van der Waals surface area contributed by atoms with Crippen molar-refractivity contribution < 1.29 is 26.5 Å². The minimum atomic E-state index is -3.52. The zero-order valence-corrected chi connectivity index (χ0v) is 22.7. The van der Waals surface area contributed by atoms with Crippen LogP contribution < -0.4 is 11.4 Å². The first-order chi connectivity index (χ1) is 15.2. The van der Waals surface area contributed by atoms with Gasteiger partial charge in [-0.15, -0.1) is 0 Å². The van der Waals surface area contributed by atoms with E-state index in [2.05, 4.69) is 32.7 Å². The fourth-order valence-electron chi connectivity index (χ4n) is 4.98. The Morgan fingerprint density at radius 1 is 1.06 bits per heavy atom. The molecule has 2 fully saturated rings. The molecule has 2 aliphatic rings. The molecule has 33 heavy (non-hydrogen) atoms. The second-order valence-electron chi connectivity index (χ2n) is 10.3. The molecule has 2 saturated heterocycles. The van der Waals surface area contributed by atoms with Gasteiger partial charge in [0.25, 0.3) is 0 Å². The van der Waals surface area contributed by atoms with Gasteiger partial charge in [0, 0.05) is 6.20 Å². The van der Waals surface area contributed by atoms with Crippen molar-refractivity contribution in [3.8, 4) is 0 Å². The van der Waals surface area contributed by atoms with Gasteiger partial charge in [0.05, 0.1) is 6.61 Å². The summed E-state index contributed by atoms with van der Waals surface area (Å²) in [6.07, 6.45) is -3.38. The van der Waals surface area contributed by atoms with E-state index in [9.17, 15) is 4.79 Å². The van der Waals surface area contributed by atoms with Crippen LogP contribution in [-0.4, -0.2) is 51.4 Å². The SMILES string of the molecule is CC(C)[Si]1(C(C)C)OCC2OC(n3ccc(N)nc3=O)C(F)(F)[C@@H]2O[Si](C(C)C)(C(C)C)O1. The molecule has 2 N–H and O–H groups in total. The Morgan fingerprint density at radius 3 is 2.09 bits per heavy atom. The van der Waals surface area contributed by atoms with Crippen LogP contribution in [0.1, 0.15) is 61.6 Å². The second-order valence-corrected chi connectivity index (χ2v) is 19.1. The van der Waals surface area contributed by atoms with E-state index in [-0.39, 0.29) is 34.6 Å². The summed E-state index contributed by atoms with van der Waals surface area (Å²) in [5.74, 6) is -3.56. The largest absolute Gasteiger partial charge is 0.414 e. The van der Waals surface area contributed by atoms with Crippen molar-refractivity contribution in [2.24, 2.45) is 0 Å². The molecule has 1 aromatic heterocycles. The van der Waals surface area contributed by atoms with Gasteiger partial charge in [0.15, 0.2) is 0 Å². The predicted molar refractivity (Wildman–Crippen MR) is 126 cm³/mol. The molecule has 0 radical (unpaired) electrons. The maximum Gasteiger partial charge on any atom is 0.351 e. The minimum Gasteiger partial charge on any atom is -0.414 e. The molecule has 0 aliphatic carbocycles. The monoisotopic (exact) mass is 505 g/mol. The molecular formula is C21H37F2N3O5Si2. The lowest BCUT2D eigenvalue weighted by atomic mass is 10.1. The van der Waals surface area contributed by atoms with E-state index in [0.717, 1.165) is 4.57 Å². The number of rotatable bonds is 5. The average molecular weight is 506 g/mol. The maximum atomic E-state index is 15.9. The van der Waals surface area contributed by atoms with Crippen molar-refractivity contribution in [3.05, 3.63) is 22.7 Å². The molecule has 2 unspecified atom stereocenters. The van der Waals surface area contributed by atoms with Gasteiger partial charge in [0.1, 0.15) is 18.0 Å². The summed E-state index contributed by atoms with van der Waals surface area (Å²) in [6.45, 7) is 16.0. The van der Waals surface area contributed by atoms with Crippen LogP contribution in [0, 0.1) is 0 Å². The van der Waals surface area contributed by atoms with Crippen molar-refractivity contribution in [2.75, 3.05) is 12.3 Å². The van der Waals surface area contributed by atoms with Crippen molar-refractivity contribution in [1.29, 1.82) is 0 Å². The van der Waals surface area contributed by atoms with E-state index < -0.39 is 47.2 Å². The lowest BCUT2D eigenvalue weighted by Gasteiger charge is -2.51. The highest BCUT2D eigenvalue weighted by molar-refractivity contribution is 6.84. The van der Waals surface area contributed by atoms with Gasteiger partial charge in [0.2, 0.25) is 6.23 Å². The quantitative estimate of drug-likeness (QED) is 0.595. The number of aromatic nitrogens is 2. The third-order valence-corrected chi connectivity index (χ3v) is 17.0. The van der Waals surface area contributed by atoms with Crippen molar-refractivity contribution in [1.82, 2.24) is 9.55 Å². The normalized spacial score (nSPS) is 28.8. The number of hydrogen-bond acceptors (Lipinski definition) is 7. The molecule has 3 rings (SSSR count). The minimum absolute atomic E-state index is 0.0488. The zero-order chi connectivity index (χ0) is 24.9. The molecule has 0 aromatic carbocycles. The first-order valence-electron chi connectivity index (χ1n) is 11.6. The lowest BCUT2D eigenvalue weighted by Crippen LogP contribution is -2.66. The predicted octanol–water partition coefficient (Wildman–Crippen LogP) is 4.31. The summed E-state index contributed by atoms with van der Waals surface area (Å²) in [5.41, 5.74) is 4.55. The van der Waals surface area contributed by atoms with Gasteiger partial charge in [-0.1, -0.05) is 55.4 Å². The van der Waals surface area contributed by atoms with Crippen LogP contribution in [0.3, 0.4) is 0 Å². The van der Waals surface area contributed by atoms with E-state index in [1.807, 2.05) is 27.7 Å². The highest BCUT2D eigenvalue weighted by Gasteiger charge is 2.67. The van der Waals surface area contributed by atoms with Crippen molar-refractivity contribution in [3.63, 3.8) is 0 Å². The number of ether oxygens (including phenoxy) is 1. The maximum absolute atomic E-state index is 15.9. The highest BCUT2D eigenvalue weighted by Crippen LogP contribution is 2.52. The van der Waals surface area contributed by atoms with E-state index >= 15 is 8.78 Å². The van der Waals surface area contributed by atoms with Crippen LogP contribution in [-0.2, 0) is 17.7 Å². The first kappa shape index (κ1) is 26.4. The Labute approximate surface area is 196 Å². The lowest BCUT2D eigenvalue weighted by molar-refractivity contribution is -0.140. The van der Waals surface area contributed by atoms with E-state index in [4.69, 9.17) is 23.4 Å². The fourth-order valence-corrected chi connectivity index (χ4v) is 16.2. The van der Waals surface area contributed by atoms with Gasteiger partial charge in [-0.3, -0.25) is 4.57 Å². The first-order valence-corrected chi connectivity index (χ1v) is 15.5. The number of nitrogen functional groups attached to an aromatic ring is 1.